The Kier molecular flexibility index (Phi) is 7.89. The molecule has 0 saturated heterocycles. The van der Waals surface area contributed by atoms with Crippen molar-refractivity contribution in [3.63, 3.8) is 0 Å². The van der Waals surface area contributed by atoms with E-state index in [2.05, 4.69) is 30.4 Å². The first-order chi connectivity index (χ1) is 19.7. The number of pyridine rings is 1. The van der Waals surface area contributed by atoms with Crippen molar-refractivity contribution in [3.8, 4) is 28.8 Å². The van der Waals surface area contributed by atoms with Gasteiger partial charge >= 0.3 is 5.82 Å². The van der Waals surface area contributed by atoms with E-state index >= 15 is 0 Å². The zero-order valence-corrected chi connectivity index (χ0v) is 24.5. The number of para-hydroxylation sites is 1. The van der Waals surface area contributed by atoms with Crippen LogP contribution in [-0.2, 0) is 20.3 Å². The van der Waals surface area contributed by atoms with Gasteiger partial charge in [-0.15, -0.1) is 15.3 Å². The number of nitrogens with one attached hydrogen (secondary N) is 1. The molecule has 0 spiro atoms. The largest absolute Gasteiger partial charge is 0.493 e. The quantitative estimate of drug-likeness (QED) is 0.237. The highest BCUT2D eigenvalue weighted by atomic mass is 35.5. The zero-order chi connectivity index (χ0) is 29.3. The van der Waals surface area contributed by atoms with Crippen LogP contribution in [0.5, 0.6) is 11.5 Å². The van der Waals surface area contributed by atoms with Crippen molar-refractivity contribution in [2.75, 3.05) is 21.3 Å². The van der Waals surface area contributed by atoms with Gasteiger partial charge in [0.25, 0.3) is 5.82 Å². The second kappa shape index (κ2) is 11.4. The second-order valence-corrected chi connectivity index (χ2v) is 12.0. The van der Waals surface area contributed by atoms with Gasteiger partial charge in [0.1, 0.15) is 11.9 Å². The molecule has 214 valence electrons. The predicted molar refractivity (Wildman–Crippen MR) is 149 cm³/mol. The molecule has 4 aromatic heterocycles. The number of ether oxygens (including phenoxy) is 3. The minimum absolute atomic E-state index is 0.197. The maximum atomic E-state index is 13.9. The van der Waals surface area contributed by atoms with E-state index in [4.69, 9.17) is 25.8 Å². The van der Waals surface area contributed by atoms with Gasteiger partial charge in [-0.25, -0.2) is 18.4 Å². The van der Waals surface area contributed by atoms with Crippen molar-refractivity contribution < 1.29 is 27.2 Å². The topological polar surface area (TPSA) is 150 Å². The smallest absolute Gasteiger partial charge is 0.352 e. The number of aromatic nitrogens is 8. The normalized spacial score (nSPS) is 13.3. The average molecular weight is 600 g/mol. The fourth-order valence-corrected chi connectivity index (χ4v) is 6.07. The minimum atomic E-state index is -3.91. The molecule has 0 amide bonds. The van der Waals surface area contributed by atoms with Crippen molar-refractivity contribution in [2.24, 2.45) is 0 Å². The van der Waals surface area contributed by atoms with Gasteiger partial charge in [0.15, 0.2) is 38.5 Å². The molecule has 0 fully saturated rings. The van der Waals surface area contributed by atoms with E-state index in [0.29, 0.717) is 39.5 Å². The van der Waals surface area contributed by atoms with Crippen LogP contribution >= 0.6 is 11.6 Å². The summed E-state index contributed by atoms with van der Waals surface area (Å²) in [7, 11) is 0.524. The summed E-state index contributed by atoms with van der Waals surface area (Å²) < 4.78 is 48.0. The van der Waals surface area contributed by atoms with E-state index in [1.54, 1.807) is 34.1 Å². The van der Waals surface area contributed by atoms with E-state index < -0.39 is 26.9 Å². The molecule has 1 N–H and O–H groups in total. The van der Waals surface area contributed by atoms with Crippen LogP contribution in [0.25, 0.3) is 23.0 Å². The summed E-state index contributed by atoms with van der Waals surface area (Å²) in [5.41, 5.74) is 2.01. The number of benzene rings is 1. The molecule has 1 aromatic carbocycles. The zero-order valence-electron chi connectivity index (χ0n) is 22.9. The van der Waals surface area contributed by atoms with E-state index in [0.717, 1.165) is 5.56 Å². The summed E-state index contributed by atoms with van der Waals surface area (Å²) in [5, 5.41) is 15.3. The van der Waals surface area contributed by atoms with Crippen LogP contribution in [0.2, 0.25) is 5.02 Å². The van der Waals surface area contributed by atoms with E-state index in [-0.39, 0.29) is 11.6 Å². The Labute approximate surface area is 241 Å². The number of halogens is 1. The molecule has 0 saturated carbocycles. The molecule has 2 atom stereocenters. The van der Waals surface area contributed by atoms with Crippen LogP contribution in [0.1, 0.15) is 30.2 Å². The minimum Gasteiger partial charge on any atom is -0.493 e. The highest BCUT2D eigenvalue weighted by Gasteiger charge is 2.38. The number of fused-ring (bicyclic) bond motifs is 1. The van der Waals surface area contributed by atoms with Gasteiger partial charge < -0.3 is 14.2 Å². The fraction of sp³-hybridized carbons (Fsp3) is 0.308. The molecule has 4 heterocycles. The van der Waals surface area contributed by atoms with Gasteiger partial charge in [0.2, 0.25) is 5.82 Å². The van der Waals surface area contributed by atoms with Crippen molar-refractivity contribution >= 4 is 27.1 Å². The maximum absolute atomic E-state index is 13.9. The molecular formula is C26H28ClN8O5S+. The molecule has 5 aromatic rings. The van der Waals surface area contributed by atoms with E-state index in [9.17, 15) is 8.42 Å². The van der Waals surface area contributed by atoms with E-state index in [1.807, 2.05) is 25.3 Å². The Morgan fingerprint density at radius 3 is 2.37 bits per heavy atom. The van der Waals surface area contributed by atoms with Crippen LogP contribution in [-0.4, -0.2) is 69.8 Å². The van der Waals surface area contributed by atoms with Gasteiger partial charge in [0, 0.05) is 30.8 Å². The Morgan fingerprint density at radius 1 is 1.05 bits per heavy atom. The summed E-state index contributed by atoms with van der Waals surface area (Å²) in [6.07, 6.45) is 3.71. The van der Waals surface area contributed by atoms with Crippen LogP contribution in [0.3, 0.4) is 0 Å². The number of rotatable bonds is 10. The summed E-state index contributed by atoms with van der Waals surface area (Å²) in [5.74, 6) is 1.51. The number of aromatic amines is 1. The molecule has 13 nitrogen and oxygen atoms in total. The van der Waals surface area contributed by atoms with Gasteiger partial charge in [-0.3, -0.25) is 4.40 Å². The van der Waals surface area contributed by atoms with Gasteiger partial charge in [-0.05, 0) is 37.6 Å². The number of nitrogens with zero attached hydrogens (tertiary/aromatic N) is 7. The first-order valence-electron chi connectivity index (χ1n) is 12.4. The molecule has 41 heavy (non-hydrogen) atoms. The molecule has 0 unspecified atom stereocenters. The van der Waals surface area contributed by atoms with Crippen molar-refractivity contribution in [1.82, 2.24) is 34.8 Å². The number of hydrogen-bond acceptors (Lipinski definition) is 10. The fourth-order valence-electron chi connectivity index (χ4n) is 4.52. The molecule has 0 bridgehead atoms. The molecule has 0 aliphatic heterocycles. The van der Waals surface area contributed by atoms with Crippen molar-refractivity contribution in [2.45, 2.75) is 31.0 Å². The molecule has 0 radical (unpaired) electrons. The molecule has 0 aliphatic rings. The highest BCUT2D eigenvalue weighted by molar-refractivity contribution is 7.91. The number of methoxy groups -OCH3 is 3. The Balaban J connectivity index is 1.67. The second-order valence-electron chi connectivity index (χ2n) is 9.23. The molecular weight excluding hydrogens is 572 g/mol. The van der Waals surface area contributed by atoms with Crippen LogP contribution in [0, 0.1) is 6.92 Å². The monoisotopic (exact) mass is 599 g/mol. The maximum Gasteiger partial charge on any atom is 0.352 e. The number of H-pyrrole nitrogens is 1. The van der Waals surface area contributed by atoms with Crippen LogP contribution < -0.4 is 14.0 Å². The summed E-state index contributed by atoms with van der Waals surface area (Å²) in [4.78, 5) is 8.33. The lowest BCUT2D eigenvalue weighted by Crippen LogP contribution is -2.40. The van der Waals surface area contributed by atoms with Crippen LogP contribution in [0.4, 0.5) is 0 Å². The molecule has 0 aliphatic carbocycles. The Morgan fingerprint density at radius 2 is 1.73 bits per heavy atom. The van der Waals surface area contributed by atoms with Crippen molar-refractivity contribution in [3.05, 3.63) is 71.2 Å². The molecule has 15 heteroatoms. The number of hydrogen-bond donors (Lipinski definition) is 1. The van der Waals surface area contributed by atoms with Crippen molar-refractivity contribution in [1.29, 1.82) is 0 Å². The lowest BCUT2D eigenvalue weighted by molar-refractivity contribution is -0.592. The lowest BCUT2D eigenvalue weighted by Gasteiger charge is -2.21. The SMILES string of the molecule is COc1cccc(OC)c1-[n+]1c(-c2nnc3ccc(C)cn23)n[nH]c1CS(=O)(=O)[C@@H](C)[C@H](OC)c1ncc(Cl)cn1. The third-order valence-electron chi connectivity index (χ3n) is 6.63. The van der Waals surface area contributed by atoms with Crippen LogP contribution in [0.15, 0.2) is 48.9 Å². The number of aryl methyl sites for hydroxylation is 1. The van der Waals surface area contributed by atoms with E-state index in [1.165, 1.54) is 33.7 Å². The summed E-state index contributed by atoms with van der Waals surface area (Å²) in [6.45, 7) is 3.49. The summed E-state index contributed by atoms with van der Waals surface area (Å²) in [6, 6.07) is 9.01. The standard InChI is InChI=1S/C26H27ClN8O5S/c1-15-9-10-20-30-32-25(34(20)13-15)26-33-31-21(35(26)22-18(38-3)7-6-8-19(22)39-4)14-41(36,37)16(2)23(40-5)24-28-11-17(27)12-29-24/h6-13,16,23H,14H2,1-5H3/p+1/t16-,23-/m0/s1. The summed E-state index contributed by atoms with van der Waals surface area (Å²) >= 11 is 5.92. The van der Waals surface area contributed by atoms with Gasteiger partial charge in [-0.1, -0.05) is 23.7 Å². The first kappa shape index (κ1) is 28.4. The number of sulfone groups is 1. The predicted octanol–water partition coefficient (Wildman–Crippen LogP) is 2.86. The Bertz CT molecular complexity index is 1780. The Hall–Kier alpha value is -4.14. The first-order valence-corrected chi connectivity index (χ1v) is 14.5. The third-order valence-corrected chi connectivity index (χ3v) is 8.88. The lowest BCUT2D eigenvalue weighted by atomic mass is 10.2. The average Bonchev–Trinajstić information content (AvgIpc) is 3.56. The molecule has 5 rings (SSSR count). The highest BCUT2D eigenvalue weighted by Crippen LogP contribution is 2.32. The van der Waals surface area contributed by atoms with Gasteiger partial charge in [-0.2, -0.15) is 4.57 Å². The van der Waals surface area contributed by atoms with Gasteiger partial charge in [0.05, 0.1) is 24.5 Å². The third kappa shape index (κ3) is 5.33.